The summed E-state index contributed by atoms with van der Waals surface area (Å²) in [4.78, 5) is 5.13. The summed E-state index contributed by atoms with van der Waals surface area (Å²) in [6.45, 7) is 0. The van der Waals surface area contributed by atoms with Crippen LogP contribution in [0.15, 0.2) is 103 Å². The van der Waals surface area contributed by atoms with E-state index in [9.17, 15) is 21.6 Å². The second-order valence-electron chi connectivity index (χ2n) is 10.0. The Bertz CT molecular complexity index is 2500. The van der Waals surface area contributed by atoms with Gasteiger partial charge in [0, 0.05) is 32.6 Å². The number of pyridine rings is 1. The lowest BCUT2D eigenvalue weighted by Gasteiger charge is -2.11. The summed E-state index contributed by atoms with van der Waals surface area (Å²) in [5.41, 5.74) is -1.40. The third-order valence-electron chi connectivity index (χ3n) is 7.53. The van der Waals surface area contributed by atoms with Gasteiger partial charge in [-0.2, -0.15) is 21.6 Å². The highest BCUT2D eigenvalue weighted by Gasteiger charge is 2.48. The van der Waals surface area contributed by atoms with Crippen molar-refractivity contribution in [2.45, 2.75) is 5.51 Å². The molecule has 0 fully saturated rings. The van der Waals surface area contributed by atoms with Gasteiger partial charge in [0.15, 0.2) is 5.65 Å². The highest BCUT2D eigenvalue weighted by Crippen LogP contribution is 2.44. The van der Waals surface area contributed by atoms with Crippen molar-refractivity contribution < 1.29 is 25.8 Å². The number of benzene rings is 5. The first-order valence-electron chi connectivity index (χ1n) is 12.9. The molecule has 0 aliphatic rings. The lowest BCUT2D eigenvalue weighted by atomic mass is 9.99. The number of imidazole rings is 1. The quantitative estimate of drug-likeness (QED) is 0.150. The fraction of sp³-hybridized carbons (Fsp3) is 0.0312. The zero-order chi connectivity index (χ0) is 28.8. The summed E-state index contributed by atoms with van der Waals surface area (Å²) in [6, 6.07) is 30.2. The number of alkyl halides is 3. The van der Waals surface area contributed by atoms with E-state index in [0.717, 1.165) is 64.0 Å². The molecule has 206 valence electrons. The van der Waals surface area contributed by atoms with E-state index in [-0.39, 0.29) is 0 Å². The molecule has 5 aromatic carbocycles. The van der Waals surface area contributed by atoms with Crippen molar-refractivity contribution in [2.24, 2.45) is 0 Å². The molecule has 0 N–H and O–H groups in total. The van der Waals surface area contributed by atoms with Crippen molar-refractivity contribution in [1.82, 2.24) is 9.38 Å². The minimum atomic E-state index is -5.78. The minimum absolute atomic E-state index is 0.422. The number of rotatable bonds is 3. The van der Waals surface area contributed by atoms with E-state index in [2.05, 4.69) is 34.5 Å². The van der Waals surface area contributed by atoms with Gasteiger partial charge in [0.25, 0.3) is 0 Å². The van der Waals surface area contributed by atoms with Crippen molar-refractivity contribution in [3.05, 3.63) is 103 Å². The number of nitrogens with zero attached hydrogens (tertiary/aromatic N) is 2. The second kappa shape index (κ2) is 8.67. The summed E-state index contributed by atoms with van der Waals surface area (Å²) in [7, 11) is -5.78. The molecular weight excluding hydrogens is 581 g/mol. The molecule has 8 aromatic rings. The van der Waals surface area contributed by atoms with Gasteiger partial charge in [-0.05, 0) is 52.1 Å². The molecule has 0 saturated carbocycles. The smallest absolute Gasteiger partial charge is 0.376 e. The Morgan fingerprint density at radius 3 is 2.21 bits per heavy atom. The van der Waals surface area contributed by atoms with E-state index >= 15 is 0 Å². The molecule has 0 aliphatic carbocycles. The van der Waals surface area contributed by atoms with E-state index in [1.165, 1.54) is 12.1 Å². The lowest BCUT2D eigenvalue weighted by Crippen LogP contribution is -2.28. The SMILES string of the molecule is O=S(=O)(Oc1ccc(-c2cn3c4ccc5ccccc5c4nc3c3sc4cc5ccccc5cc4c23)cc1)C(F)(F)F. The van der Waals surface area contributed by atoms with Gasteiger partial charge in [0.05, 0.1) is 15.7 Å². The first-order valence-corrected chi connectivity index (χ1v) is 15.1. The molecule has 0 aliphatic heterocycles. The van der Waals surface area contributed by atoms with E-state index in [1.54, 1.807) is 23.5 Å². The van der Waals surface area contributed by atoms with Crippen molar-refractivity contribution >= 4 is 79.9 Å². The molecule has 42 heavy (non-hydrogen) atoms. The van der Waals surface area contributed by atoms with Crippen LogP contribution in [0.5, 0.6) is 5.75 Å². The van der Waals surface area contributed by atoms with Gasteiger partial charge in [-0.1, -0.05) is 66.7 Å². The Morgan fingerprint density at radius 1 is 0.786 bits per heavy atom. The molecule has 3 aromatic heterocycles. The third kappa shape index (κ3) is 3.68. The highest BCUT2D eigenvalue weighted by atomic mass is 32.2. The minimum Gasteiger partial charge on any atom is -0.376 e. The van der Waals surface area contributed by atoms with Gasteiger partial charge in [-0.25, -0.2) is 4.98 Å². The second-order valence-corrected chi connectivity index (χ2v) is 12.6. The monoisotopic (exact) mass is 598 g/mol. The predicted molar refractivity (Wildman–Crippen MR) is 162 cm³/mol. The van der Waals surface area contributed by atoms with Crippen LogP contribution >= 0.6 is 11.3 Å². The van der Waals surface area contributed by atoms with Gasteiger partial charge < -0.3 is 4.18 Å². The molecular formula is C32H17F3N2O3S2. The summed E-state index contributed by atoms with van der Waals surface area (Å²) in [6.07, 6.45) is 1.99. The number of thiophene rings is 1. The van der Waals surface area contributed by atoms with Crippen molar-refractivity contribution in [1.29, 1.82) is 0 Å². The highest BCUT2D eigenvalue weighted by molar-refractivity contribution is 7.88. The fourth-order valence-electron chi connectivity index (χ4n) is 5.60. The molecule has 0 amide bonds. The zero-order valence-electron chi connectivity index (χ0n) is 21.4. The van der Waals surface area contributed by atoms with Crippen LogP contribution in [-0.2, 0) is 10.1 Å². The largest absolute Gasteiger partial charge is 0.534 e. The molecule has 10 heteroatoms. The van der Waals surface area contributed by atoms with Gasteiger partial charge in [-0.3, -0.25) is 4.40 Å². The molecule has 8 rings (SSSR count). The first-order chi connectivity index (χ1) is 20.2. The maximum Gasteiger partial charge on any atom is 0.534 e. The lowest BCUT2D eigenvalue weighted by molar-refractivity contribution is -0.0500. The summed E-state index contributed by atoms with van der Waals surface area (Å²) >= 11 is 1.64. The Morgan fingerprint density at radius 2 is 1.48 bits per heavy atom. The number of halogens is 3. The van der Waals surface area contributed by atoms with E-state index < -0.39 is 21.4 Å². The molecule has 0 saturated heterocycles. The Hall–Kier alpha value is -4.67. The predicted octanol–water partition coefficient (Wildman–Crippen LogP) is 9.06. The van der Waals surface area contributed by atoms with E-state index in [1.807, 2.05) is 53.1 Å². The molecule has 5 nitrogen and oxygen atoms in total. The fourth-order valence-corrected chi connectivity index (χ4v) is 7.30. The molecule has 0 atom stereocenters. The average molecular weight is 599 g/mol. The number of fused-ring (bicyclic) bond motifs is 10. The number of hydrogen-bond donors (Lipinski definition) is 0. The standard InChI is InChI=1S/C32H17F3N2O3S2/c33-32(34,35)42(38,39)40-22-12-9-19(10-13-22)25-17-37-26-14-11-18-5-3-4-8-23(18)29(26)36-31(37)30-28(25)24-15-20-6-1-2-7-21(20)16-27(24)41-30/h1-17H. The summed E-state index contributed by atoms with van der Waals surface area (Å²) < 4.78 is 70.2. The van der Waals surface area contributed by atoms with Crippen LogP contribution in [0, 0.1) is 0 Å². The molecule has 0 radical (unpaired) electrons. The van der Waals surface area contributed by atoms with Crippen LogP contribution < -0.4 is 4.18 Å². The van der Waals surface area contributed by atoms with Crippen LogP contribution in [0.2, 0.25) is 0 Å². The molecule has 0 bridgehead atoms. The van der Waals surface area contributed by atoms with Gasteiger partial charge in [0.1, 0.15) is 5.75 Å². The van der Waals surface area contributed by atoms with Crippen LogP contribution in [0.1, 0.15) is 0 Å². The summed E-state index contributed by atoms with van der Waals surface area (Å²) in [5, 5.41) is 6.30. The Labute approximate surface area is 240 Å². The van der Waals surface area contributed by atoms with Crippen LogP contribution in [-0.4, -0.2) is 23.3 Å². The molecule has 0 spiro atoms. The topological polar surface area (TPSA) is 60.7 Å². The van der Waals surface area contributed by atoms with Crippen molar-refractivity contribution in [2.75, 3.05) is 0 Å². The van der Waals surface area contributed by atoms with Crippen LogP contribution in [0.3, 0.4) is 0 Å². The molecule has 0 unspecified atom stereocenters. The van der Waals surface area contributed by atoms with Crippen LogP contribution in [0.25, 0.3) is 69.5 Å². The van der Waals surface area contributed by atoms with E-state index in [0.29, 0.717) is 5.56 Å². The van der Waals surface area contributed by atoms with Crippen molar-refractivity contribution in [3.8, 4) is 16.9 Å². The van der Waals surface area contributed by atoms with Gasteiger partial charge in [-0.15, -0.1) is 11.3 Å². The summed E-state index contributed by atoms with van der Waals surface area (Å²) in [5.74, 6) is -0.422. The normalized spacial score (nSPS) is 12.8. The van der Waals surface area contributed by atoms with Gasteiger partial charge in [0.2, 0.25) is 0 Å². The third-order valence-corrected chi connectivity index (χ3v) is 9.65. The number of hydrogen-bond acceptors (Lipinski definition) is 5. The molecule has 3 heterocycles. The maximum absolute atomic E-state index is 12.9. The van der Waals surface area contributed by atoms with E-state index in [4.69, 9.17) is 4.98 Å². The first kappa shape index (κ1) is 25.1. The number of aromatic nitrogens is 2. The maximum atomic E-state index is 12.9. The van der Waals surface area contributed by atoms with Crippen molar-refractivity contribution in [3.63, 3.8) is 0 Å². The average Bonchev–Trinajstić information content (AvgIpc) is 3.54. The Kier molecular flexibility index (Phi) is 5.17. The Balaban J connectivity index is 1.43. The van der Waals surface area contributed by atoms with Gasteiger partial charge >= 0.3 is 15.6 Å². The van der Waals surface area contributed by atoms with Crippen LogP contribution in [0.4, 0.5) is 13.2 Å². The zero-order valence-corrected chi connectivity index (χ0v) is 23.0.